The van der Waals surface area contributed by atoms with E-state index in [0.29, 0.717) is 17.4 Å². The normalized spacial score (nSPS) is 14.3. The van der Waals surface area contributed by atoms with Gasteiger partial charge in [-0.2, -0.15) is 5.26 Å². The lowest BCUT2D eigenvalue weighted by Gasteiger charge is -2.27. The van der Waals surface area contributed by atoms with Gasteiger partial charge in [-0.25, -0.2) is 14.8 Å². The molecule has 2 aromatic rings. The summed E-state index contributed by atoms with van der Waals surface area (Å²) in [6, 6.07) is 6.77. The molecule has 8 nitrogen and oxygen atoms in total. The van der Waals surface area contributed by atoms with Crippen LogP contribution in [0.2, 0.25) is 5.02 Å². The van der Waals surface area contributed by atoms with Gasteiger partial charge in [0.15, 0.2) is 0 Å². The van der Waals surface area contributed by atoms with E-state index >= 15 is 0 Å². The molecule has 2 aromatic heterocycles. The molecule has 164 valence electrons. The van der Waals surface area contributed by atoms with Crippen LogP contribution in [0.25, 0.3) is 0 Å². The van der Waals surface area contributed by atoms with Crippen molar-refractivity contribution in [1.29, 1.82) is 5.26 Å². The molecule has 0 aromatic carbocycles. The number of nitrogens with zero attached hydrogens (tertiary/aromatic N) is 4. The summed E-state index contributed by atoms with van der Waals surface area (Å²) in [4.78, 5) is 22.9. The van der Waals surface area contributed by atoms with Crippen LogP contribution < -0.4 is 10.2 Å². The first-order valence-corrected chi connectivity index (χ1v) is 10.5. The van der Waals surface area contributed by atoms with E-state index in [1.165, 1.54) is 36.4 Å². The van der Waals surface area contributed by atoms with Crippen LogP contribution in [0.5, 0.6) is 0 Å². The molecule has 0 unspecified atom stereocenters. The Bertz CT molecular complexity index is 968. The monoisotopic (exact) mass is 443 g/mol. The molecule has 0 spiro atoms. The van der Waals surface area contributed by atoms with E-state index in [1.807, 2.05) is 18.2 Å². The fourth-order valence-corrected chi connectivity index (χ4v) is 4.00. The minimum Gasteiger partial charge on any atom is -0.350 e. The topological polar surface area (TPSA) is 100 Å². The number of hydrogen-bond acceptors (Lipinski definition) is 6. The van der Waals surface area contributed by atoms with Gasteiger partial charge in [0.2, 0.25) is 6.29 Å². The van der Waals surface area contributed by atoms with Crippen molar-refractivity contribution >= 4 is 29.3 Å². The summed E-state index contributed by atoms with van der Waals surface area (Å²) in [5.74, 6) is 1.10. The lowest BCUT2D eigenvalue weighted by Crippen LogP contribution is -2.32. The van der Waals surface area contributed by atoms with Crippen LogP contribution >= 0.6 is 11.6 Å². The van der Waals surface area contributed by atoms with Crippen molar-refractivity contribution in [3.63, 3.8) is 0 Å². The van der Waals surface area contributed by atoms with E-state index in [-0.39, 0.29) is 16.4 Å². The lowest BCUT2D eigenvalue weighted by molar-refractivity contribution is -0.109. The van der Waals surface area contributed by atoms with Crippen LogP contribution in [0.3, 0.4) is 0 Å². The quantitative estimate of drug-likeness (QED) is 0.630. The maximum atomic E-state index is 12.7. The number of nitrogens with one attached hydrogen (secondary N) is 1. The van der Waals surface area contributed by atoms with Crippen molar-refractivity contribution in [2.75, 3.05) is 31.5 Å². The molecule has 0 aliphatic heterocycles. The highest BCUT2D eigenvalue weighted by Gasteiger charge is 2.25. The molecule has 1 aliphatic carbocycles. The molecule has 0 radical (unpaired) electrons. The largest absolute Gasteiger partial charge is 0.350 e. The maximum absolute atomic E-state index is 12.7. The number of pyridine rings is 2. The molecule has 1 N–H and O–H groups in total. The fourth-order valence-electron chi connectivity index (χ4n) is 3.81. The molecular formula is C22H26ClN5O3. The average Bonchev–Trinajstić information content (AvgIpc) is 2.80. The Morgan fingerprint density at radius 3 is 2.61 bits per heavy atom. The standard InChI is InChI=1S/C22H26ClN5O3/c1-28(22(29)26-18-11-17(23)15(12-24)13-25-18)19-10-9-16(14-7-5-4-6-8-14)20(27-19)21(30-2)31-3/h9-11,13-14,21H,4-8H2,1-3H3,(H,25,26,29). The third kappa shape index (κ3) is 5.31. The lowest BCUT2D eigenvalue weighted by atomic mass is 9.83. The second-order valence-electron chi connectivity index (χ2n) is 7.43. The summed E-state index contributed by atoms with van der Waals surface area (Å²) in [7, 11) is 4.76. The molecule has 9 heteroatoms. The Kier molecular flexibility index (Phi) is 7.80. The second-order valence-corrected chi connectivity index (χ2v) is 7.84. The fraction of sp³-hybridized carbons (Fsp3) is 0.455. The van der Waals surface area contributed by atoms with Crippen LogP contribution in [0.4, 0.5) is 16.4 Å². The highest BCUT2D eigenvalue weighted by Crippen LogP contribution is 2.37. The van der Waals surface area contributed by atoms with Crippen molar-refractivity contribution in [1.82, 2.24) is 9.97 Å². The second kappa shape index (κ2) is 10.5. The van der Waals surface area contributed by atoms with Gasteiger partial charge < -0.3 is 9.47 Å². The van der Waals surface area contributed by atoms with E-state index < -0.39 is 12.3 Å². The van der Waals surface area contributed by atoms with E-state index in [9.17, 15) is 4.79 Å². The van der Waals surface area contributed by atoms with Crippen molar-refractivity contribution < 1.29 is 14.3 Å². The van der Waals surface area contributed by atoms with Crippen LogP contribution in [0.15, 0.2) is 24.4 Å². The van der Waals surface area contributed by atoms with Crippen molar-refractivity contribution in [3.8, 4) is 6.07 Å². The van der Waals surface area contributed by atoms with Gasteiger partial charge in [0.1, 0.15) is 23.4 Å². The molecule has 1 saturated carbocycles. The Hall–Kier alpha value is -2.73. The van der Waals surface area contributed by atoms with Crippen LogP contribution in [0, 0.1) is 11.3 Å². The number of anilines is 2. The molecule has 0 bridgehead atoms. The van der Waals surface area contributed by atoms with Crippen molar-refractivity contribution in [3.05, 3.63) is 46.2 Å². The van der Waals surface area contributed by atoms with E-state index in [2.05, 4.69) is 10.3 Å². The van der Waals surface area contributed by atoms with Crippen LogP contribution in [0.1, 0.15) is 61.1 Å². The number of hydrogen-bond donors (Lipinski definition) is 1. The smallest absolute Gasteiger partial charge is 0.328 e. The van der Waals surface area contributed by atoms with Crippen LogP contribution in [-0.4, -0.2) is 37.3 Å². The zero-order valence-electron chi connectivity index (χ0n) is 17.9. The van der Waals surface area contributed by atoms with Gasteiger partial charge in [-0.3, -0.25) is 10.2 Å². The average molecular weight is 444 g/mol. The summed E-state index contributed by atoms with van der Waals surface area (Å²) in [6.45, 7) is 0. The molecule has 3 rings (SSSR count). The number of halogens is 1. The highest BCUT2D eigenvalue weighted by molar-refractivity contribution is 6.32. The van der Waals surface area contributed by atoms with Gasteiger partial charge in [0.05, 0.1) is 10.6 Å². The molecular weight excluding hydrogens is 418 g/mol. The van der Waals surface area contributed by atoms with Crippen LogP contribution in [-0.2, 0) is 9.47 Å². The number of aromatic nitrogens is 2. The third-order valence-electron chi connectivity index (χ3n) is 5.50. The summed E-state index contributed by atoms with van der Waals surface area (Å²) < 4.78 is 11.0. The number of carbonyl (C=O) groups is 1. The first kappa shape index (κ1) is 22.9. The first-order chi connectivity index (χ1) is 15.0. The van der Waals surface area contributed by atoms with Crippen molar-refractivity contribution in [2.45, 2.75) is 44.3 Å². The van der Waals surface area contributed by atoms with Gasteiger partial charge in [0.25, 0.3) is 0 Å². The predicted octanol–water partition coefficient (Wildman–Crippen LogP) is 5.01. The Morgan fingerprint density at radius 2 is 2.00 bits per heavy atom. The molecule has 31 heavy (non-hydrogen) atoms. The Balaban J connectivity index is 1.85. The van der Waals surface area contributed by atoms with E-state index in [4.69, 9.17) is 31.3 Å². The minimum atomic E-state index is -0.618. The zero-order valence-corrected chi connectivity index (χ0v) is 18.6. The van der Waals surface area contributed by atoms with E-state index in [0.717, 1.165) is 18.4 Å². The molecule has 1 fully saturated rings. The van der Waals surface area contributed by atoms with Gasteiger partial charge in [-0.15, -0.1) is 0 Å². The maximum Gasteiger partial charge on any atom is 0.328 e. The van der Waals surface area contributed by atoms with Gasteiger partial charge >= 0.3 is 6.03 Å². The zero-order chi connectivity index (χ0) is 22.4. The Morgan fingerprint density at radius 1 is 1.29 bits per heavy atom. The third-order valence-corrected chi connectivity index (χ3v) is 5.81. The van der Waals surface area contributed by atoms with Gasteiger partial charge in [-0.1, -0.05) is 36.9 Å². The summed E-state index contributed by atoms with van der Waals surface area (Å²) in [5, 5.41) is 11.8. The van der Waals surface area contributed by atoms with Gasteiger partial charge in [0, 0.05) is 33.5 Å². The van der Waals surface area contributed by atoms with Gasteiger partial charge in [-0.05, 0) is 30.4 Å². The number of urea groups is 1. The number of nitriles is 1. The summed E-state index contributed by atoms with van der Waals surface area (Å²) >= 11 is 6.02. The summed E-state index contributed by atoms with van der Waals surface area (Å²) in [5.41, 5.74) is 2.03. The summed E-state index contributed by atoms with van der Waals surface area (Å²) in [6.07, 6.45) is 6.55. The SMILES string of the molecule is COC(OC)c1nc(N(C)C(=O)Nc2cc(Cl)c(C#N)cn2)ccc1C1CCCCC1. The highest BCUT2D eigenvalue weighted by atomic mass is 35.5. The number of amides is 2. The molecule has 2 amide bonds. The Labute approximate surface area is 187 Å². The molecule has 0 atom stereocenters. The number of ether oxygens (including phenoxy) is 2. The number of methoxy groups -OCH3 is 2. The van der Waals surface area contributed by atoms with E-state index in [1.54, 1.807) is 21.3 Å². The molecule has 2 heterocycles. The number of carbonyl (C=O) groups excluding carboxylic acids is 1. The first-order valence-electron chi connectivity index (χ1n) is 10.1. The number of rotatable bonds is 6. The predicted molar refractivity (Wildman–Crippen MR) is 118 cm³/mol. The molecule has 0 saturated heterocycles. The minimum absolute atomic E-state index is 0.218. The molecule has 1 aliphatic rings. The van der Waals surface area contributed by atoms with Crippen molar-refractivity contribution in [2.24, 2.45) is 0 Å².